The number of hydrogen-bond donors (Lipinski definition) is 2. The molecule has 7 heteroatoms. The number of piperidine rings is 1. The Morgan fingerprint density at radius 1 is 1.03 bits per heavy atom. The number of rotatable bonds is 6. The number of nitrogens with zero attached hydrogens (tertiary/aromatic N) is 3. The second-order valence-corrected chi connectivity index (χ2v) is 13.7. The van der Waals surface area contributed by atoms with E-state index in [9.17, 15) is 4.57 Å². The maximum absolute atomic E-state index is 12.8. The molecule has 5 rings (SSSR count). The molecule has 36 heavy (non-hydrogen) atoms. The minimum Gasteiger partial charge on any atom is -0.371 e. The summed E-state index contributed by atoms with van der Waals surface area (Å²) < 4.78 is 12.8. The minimum absolute atomic E-state index is 0.677. The van der Waals surface area contributed by atoms with E-state index in [0.29, 0.717) is 6.04 Å². The number of para-hydroxylation sites is 1. The van der Waals surface area contributed by atoms with Gasteiger partial charge >= 0.3 is 0 Å². The maximum Gasteiger partial charge on any atom is 0.139 e. The Morgan fingerprint density at radius 2 is 1.78 bits per heavy atom. The van der Waals surface area contributed by atoms with Crippen molar-refractivity contribution in [2.45, 2.75) is 25.8 Å². The normalized spacial score (nSPS) is 15.1. The average molecular weight is 502 g/mol. The van der Waals surface area contributed by atoms with Gasteiger partial charge in [-0.1, -0.05) is 18.2 Å². The van der Waals surface area contributed by atoms with Crippen molar-refractivity contribution in [2.24, 2.45) is 0 Å². The molecule has 2 aromatic heterocycles. The van der Waals surface area contributed by atoms with Crippen molar-refractivity contribution < 1.29 is 4.57 Å². The molecule has 2 N–H and O–H groups in total. The number of aromatic amines is 1. The minimum atomic E-state index is -2.42. The van der Waals surface area contributed by atoms with Gasteiger partial charge in [0.25, 0.3) is 0 Å². The first-order valence-corrected chi connectivity index (χ1v) is 15.2. The number of H-pyrrole nitrogens is 1. The van der Waals surface area contributed by atoms with E-state index in [1.54, 1.807) is 19.5 Å². The van der Waals surface area contributed by atoms with E-state index in [2.05, 4.69) is 70.4 Å². The number of hydrogen-bond acceptors (Lipinski definition) is 5. The van der Waals surface area contributed by atoms with Crippen LogP contribution in [0.5, 0.6) is 0 Å². The number of benzene rings is 2. The molecule has 0 unspecified atom stereocenters. The van der Waals surface area contributed by atoms with Crippen LogP contribution >= 0.6 is 7.14 Å². The van der Waals surface area contributed by atoms with E-state index < -0.39 is 7.14 Å². The lowest BCUT2D eigenvalue weighted by atomic mass is 10.0. The van der Waals surface area contributed by atoms with E-state index in [1.807, 2.05) is 30.3 Å². The summed E-state index contributed by atoms with van der Waals surface area (Å²) >= 11 is 0. The summed E-state index contributed by atoms with van der Waals surface area (Å²) in [6.07, 6.45) is 4.20. The molecular formula is C29H36N5OP. The van der Waals surface area contributed by atoms with Crippen molar-refractivity contribution in [3.05, 3.63) is 66.4 Å². The number of aromatic nitrogens is 2. The highest BCUT2D eigenvalue weighted by molar-refractivity contribution is 7.70. The third kappa shape index (κ3) is 4.93. The van der Waals surface area contributed by atoms with E-state index in [0.717, 1.165) is 52.1 Å². The molecule has 3 heterocycles. The van der Waals surface area contributed by atoms with Gasteiger partial charge in [-0.15, -0.1) is 0 Å². The zero-order chi connectivity index (χ0) is 25.4. The predicted octanol–water partition coefficient (Wildman–Crippen LogP) is 6.06. The molecule has 1 aliphatic heterocycles. The van der Waals surface area contributed by atoms with Crippen LogP contribution < -0.4 is 15.5 Å². The molecule has 1 saturated heterocycles. The molecule has 188 valence electrons. The van der Waals surface area contributed by atoms with Crippen LogP contribution in [0.15, 0.2) is 60.8 Å². The number of nitrogens with one attached hydrogen (secondary N) is 2. The highest BCUT2D eigenvalue weighted by Gasteiger charge is 2.22. The van der Waals surface area contributed by atoms with E-state index in [4.69, 9.17) is 0 Å². The Morgan fingerprint density at radius 3 is 2.47 bits per heavy atom. The number of pyridine rings is 1. The molecular weight excluding hydrogens is 465 g/mol. The molecule has 4 aromatic rings. The summed E-state index contributed by atoms with van der Waals surface area (Å²) in [6, 6.07) is 19.4. The SMILES string of the molecule is Cc1cc(-c2cc3c(Nc4ccccc4P(C)(C)=O)ccnc3[nH]2)ccc1N1CCC(N(C)C)CC1. The van der Waals surface area contributed by atoms with Crippen molar-refractivity contribution >= 4 is 40.5 Å². The van der Waals surface area contributed by atoms with Gasteiger partial charge in [-0.05, 0) is 94.7 Å². The summed E-state index contributed by atoms with van der Waals surface area (Å²) in [6.45, 7) is 8.01. The molecule has 0 atom stereocenters. The van der Waals surface area contributed by atoms with Gasteiger partial charge in [0.1, 0.15) is 12.8 Å². The van der Waals surface area contributed by atoms with Gasteiger partial charge in [0.15, 0.2) is 0 Å². The second-order valence-electron chi connectivity index (χ2n) is 10.5. The zero-order valence-corrected chi connectivity index (χ0v) is 22.8. The summed E-state index contributed by atoms with van der Waals surface area (Å²) in [5, 5.41) is 5.38. The number of fused-ring (bicyclic) bond motifs is 1. The van der Waals surface area contributed by atoms with Gasteiger partial charge in [-0.2, -0.15) is 0 Å². The molecule has 0 spiro atoms. The van der Waals surface area contributed by atoms with E-state index >= 15 is 0 Å². The smallest absolute Gasteiger partial charge is 0.139 e. The molecule has 1 fully saturated rings. The van der Waals surface area contributed by atoms with Gasteiger partial charge < -0.3 is 24.7 Å². The van der Waals surface area contributed by atoms with Gasteiger partial charge in [-0.3, -0.25) is 0 Å². The first-order chi connectivity index (χ1) is 17.2. The van der Waals surface area contributed by atoms with Crippen LogP contribution in [0.3, 0.4) is 0 Å². The Bertz CT molecular complexity index is 1430. The van der Waals surface area contributed by atoms with Crippen LogP contribution in [0.4, 0.5) is 17.1 Å². The van der Waals surface area contributed by atoms with Gasteiger partial charge in [0, 0.05) is 53.1 Å². The Hall–Kier alpha value is -3.08. The molecule has 0 bridgehead atoms. The molecule has 0 aliphatic carbocycles. The van der Waals surface area contributed by atoms with Crippen molar-refractivity contribution in [3.63, 3.8) is 0 Å². The fraction of sp³-hybridized carbons (Fsp3) is 0.345. The lowest BCUT2D eigenvalue weighted by Crippen LogP contribution is -2.42. The second kappa shape index (κ2) is 9.76. The molecule has 1 aliphatic rings. The van der Waals surface area contributed by atoms with Crippen LogP contribution in [-0.4, -0.2) is 61.4 Å². The van der Waals surface area contributed by atoms with Crippen LogP contribution in [-0.2, 0) is 4.57 Å². The van der Waals surface area contributed by atoms with Crippen LogP contribution in [0.2, 0.25) is 0 Å². The van der Waals surface area contributed by atoms with Gasteiger partial charge in [0.05, 0.1) is 5.69 Å². The van der Waals surface area contributed by atoms with Crippen molar-refractivity contribution in [2.75, 3.05) is 50.7 Å². The lowest BCUT2D eigenvalue weighted by Gasteiger charge is -2.37. The van der Waals surface area contributed by atoms with E-state index in [1.165, 1.54) is 24.1 Å². The van der Waals surface area contributed by atoms with Crippen molar-refractivity contribution in [3.8, 4) is 11.3 Å². The quantitative estimate of drug-likeness (QED) is 0.315. The van der Waals surface area contributed by atoms with Gasteiger partial charge in [-0.25, -0.2) is 4.98 Å². The van der Waals surface area contributed by atoms with E-state index in [-0.39, 0.29) is 0 Å². The highest BCUT2D eigenvalue weighted by Crippen LogP contribution is 2.39. The zero-order valence-electron chi connectivity index (χ0n) is 21.9. The predicted molar refractivity (Wildman–Crippen MR) is 154 cm³/mol. The first kappa shape index (κ1) is 24.6. The fourth-order valence-electron chi connectivity index (χ4n) is 5.29. The topological polar surface area (TPSA) is 64.3 Å². The van der Waals surface area contributed by atoms with Crippen LogP contribution in [0.1, 0.15) is 18.4 Å². The summed E-state index contributed by atoms with van der Waals surface area (Å²) in [5.74, 6) is 0. The average Bonchev–Trinajstić information content (AvgIpc) is 3.29. The Balaban J connectivity index is 1.42. The Labute approximate surface area is 214 Å². The maximum atomic E-state index is 12.8. The summed E-state index contributed by atoms with van der Waals surface area (Å²) in [7, 11) is 1.94. The molecule has 2 aromatic carbocycles. The highest BCUT2D eigenvalue weighted by atomic mass is 31.2. The summed E-state index contributed by atoms with van der Waals surface area (Å²) in [4.78, 5) is 12.9. The largest absolute Gasteiger partial charge is 0.371 e. The molecule has 6 nitrogen and oxygen atoms in total. The Kier molecular flexibility index (Phi) is 6.67. The van der Waals surface area contributed by atoms with Crippen molar-refractivity contribution in [1.29, 1.82) is 0 Å². The summed E-state index contributed by atoms with van der Waals surface area (Å²) in [5.41, 5.74) is 7.45. The molecule has 0 amide bonds. The number of aryl methyl sites for hydroxylation is 1. The monoisotopic (exact) mass is 501 g/mol. The third-order valence-electron chi connectivity index (χ3n) is 7.33. The first-order valence-electron chi connectivity index (χ1n) is 12.6. The molecule has 0 saturated carbocycles. The number of anilines is 3. The van der Waals surface area contributed by atoms with Crippen LogP contribution in [0, 0.1) is 6.92 Å². The lowest BCUT2D eigenvalue weighted by molar-refractivity contribution is 0.249. The molecule has 0 radical (unpaired) electrons. The van der Waals surface area contributed by atoms with Crippen LogP contribution in [0.25, 0.3) is 22.3 Å². The third-order valence-corrected chi connectivity index (χ3v) is 8.88. The fourth-order valence-corrected chi connectivity index (χ4v) is 6.44. The standard InChI is InChI=1S/C29H36N5OP/c1-20-18-21(10-11-27(20)34-16-13-22(14-17-34)33(2)3)26-19-23-24(12-15-30-29(23)32-26)31-25-8-6-7-9-28(25)36(4,5)35/h6-12,15,18-19,22H,13-14,16-17H2,1-5H3,(H2,30,31,32). The van der Waals surface area contributed by atoms with Gasteiger partial charge in [0.2, 0.25) is 0 Å². The van der Waals surface area contributed by atoms with Crippen molar-refractivity contribution in [1.82, 2.24) is 14.9 Å².